The Kier molecular flexibility index (Phi) is 3.57. The largest absolute Gasteiger partial charge is 0.416 e. The number of anilines is 1. The minimum absolute atomic E-state index is 0.113. The van der Waals surface area contributed by atoms with Crippen LogP contribution in [0.1, 0.15) is 28.8 Å². The van der Waals surface area contributed by atoms with Crippen LogP contribution in [-0.4, -0.2) is 4.98 Å². The number of aromatic nitrogens is 1. The van der Waals surface area contributed by atoms with Crippen LogP contribution < -0.4 is 5.32 Å². The monoisotopic (exact) mass is 292 g/mol. The Hall–Kier alpha value is -2.04. The van der Waals surface area contributed by atoms with Gasteiger partial charge in [0.05, 0.1) is 5.56 Å². The highest BCUT2D eigenvalue weighted by Crippen LogP contribution is 2.32. The van der Waals surface area contributed by atoms with Crippen molar-refractivity contribution < 1.29 is 13.2 Å². The van der Waals surface area contributed by atoms with E-state index in [0.29, 0.717) is 5.82 Å². The quantitative estimate of drug-likeness (QED) is 0.917. The number of fused-ring (bicyclic) bond motifs is 1. The molecule has 0 atom stereocenters. The number of pyridine rings is 1. The Morgan fingerprint density at radius 2 is 1.86 bits per heavy atom. The van der Waals surface area contributed by atoms with Crippen LogP contribution in [0.15, 0.2) is 36.4 Å². The predicted octanol–water partition coefficient (Wildman–Crippen LogP) is 4.20. The first-order valence-corrected chi connectivity index (χ1v) is 6.92. The zero-order valence-electron chi connectivity index (χ0n) is 11.4. The molecule has 0 amide bonds. The SMILES string of the molecule is FC(F)(F)c1ccccc1CNc1ccc2c(n1)CCC2. The molecule has 0 spiro atoms. The van der Waals surface area contributed by atoms with Crippen molar-refractivity contribution in [1.82, 2.24) is 4.98 Å². The minimum atomic E-state index is -4.33. The highest BCUT2D eigenvalue weighted by atomic mass is 19.4. The maximum Gasteiger partial charge on any atom is 0.416 e. The van der Waals surface area contributed by atoms with Crippen LogP contribution in [0, 0.1) is 0 Å². The molecule has 0 fully saturated rings. The first kappa shape index (κ1) is 13.9. The Morgan fingerprint density at radius 1 is 1.05 bits per heavy atom. The molecule has 0 saturated heterocycles. The van der Waals surface area contributed by atoms with Crippen LogP contribution >= 0.6 is 0 Å². The van der Waals surface area contributed by atoms with Gasteiger partial charge in [0.2, 0.25) is 0 Å². The molecule has 21 heavy (non-hydrogen) atoms. The summed E-state index contributed by atoms with van der Waals surface area (Å²) in [5.74, 6) is 0.632. The van der Waals surface area contributed by atoms with E-state index in [2.05, 4.69) is 10.3 Å². The second kappa shape index (κ2) is 5.39. The van der Waals surface area contributed by atoms with E-state index in [0.717, 1.165) is 31.0 Å². The van der Waals surface area contributed by atoms with Crippen molar-refractivity contribution in [3.63, 3.8) is 0 Å². The van der Waals surface area contributed by atoms with Crippen molar-refractivity contribution in [2.45, 2.75) is 32.0 Å². The molecule has 1 aliphatic rings. The second-order valence-electron chi connectivity index (χ2n) is 5.16. The van der Waals surface area contributed by atoms with Gasteiger partial charge in [-0.25, -0.2) is 4.98 Å². The third kappa shape index (κ3) is 3.01. The Bertz CT molecular complexity index is 650. The van der Waals surface area contributed by atoms with Gasteiger partial charge in [-0.05, 0) is 42.5 Å². The molecular formula is C16H15F3N2. The summed E-state index contributed by atoms with van der Waals surface area (Å²) in [5.41, 5.74) is 1.94. The highest BCUT2D eigenvalue weighted by molar-refractivity contribution is 5.42. The van der Waals surface area contributed by atoms with E-state index in [9.17, 15) is 13.2 Å². The van der Waals surface area contributed by atoms with Crippen LogP contribution in [0.3, 0.4) is 0 Å². The molecule has 2 aromatic rings. The first-order chi connectivity index (χ1) is 10.0. The van der Waals surface area contributed by atoms with Crippen LogP contribution in [-0.2, 0) is 25.6 Å². The van der Waals surface area contributed by atoms with Crippen molar-refractivity contribution in [3.8, 4) is 0 Å². The molecule has 1 heterocycles. The molecule has 3 rings (SSSR count). The number of rotatable bonds is 3. The van der Waals surface area contributed by atoms with Crippen LogP contribution in [0.4, 0.5) is 19.0 Å². The summed E-state index contributed by atoms with van der Waals surface area (Å²) >= 11 is 0. The van der Waals surface area contributed by atoms with Crippen molar-refractivity contribution in [2.24, 2.45) is 0 Å². The molecule has 5 heteroatoms. The Morgan fingerprint density at radius 3 is 2.67 bits per heavy atom. The molecule has 0 saturated carbocycles. The second-order valence-corrected chi connectivity index (χ2v) is 5.16. The fourth-order valence-corrected chi connectivity index (χ4v) is 2.66. The first-order valence-electron chi connectivity index (χ1n) is 6.92. The van der Waals surface area contributed by atoms with Gasteiger partial charge in [0.1, 0.15) is 5.82 Å². The number of halogens is 3. The summed E-state index contributed by atoms with van der Waals surface area (Å²) in [7, 11) is 0. The average molecular weight is 292 g/mol. The highest BCUT2D eigenvalue weighted by Gasteiger charge is 2.32. The lowest BCUT2D eigenvalue weighted by atomic mass is 10.1. The summed E-state index contributed by atoms with van der Waals surface area (Å²) in [4.78, 5) is 4.47. The number of nitrogens with one attached hydrogen (secondary N) is 1. The summed E-state index contributed by atoms with van der Waals surface area (Å²) in [5, 5.41) is 2.99. The summed E-state index contributed by atoms with van der Waals surface area (Å²) in [6, 6.07) is 9.45. The fourth-order valence-electron chi connectivity index (χ4n) is 2.66. The van der Waals surface area contributed by atoms with Gasteiger partial charge in [-0.1, -0.05) is 24.3 Å². The third-order valence-electron chi connectivity index (χ3n) is 3.71. The van der Waals surface area contributed by atoms with Crippen LogP contribution in [0.5, 0.6) is 0 Å². The summed E-state index contributed by atoms with van der Waals surface area (Å²) < 4.78 is 38.7. The molecule has 0 unspecified atom stereocenters. The molecule has 110 valence electrons. The number of aryl methyl sites for hydroxylation is 2. The van der Waals surface area contributed by atoms with Crippen LogP contribution in [0.2, 0.25) is 0 Å². The van der Waals surface area contributed by atoms with E-state index < -0.39 is 11.7 Å². The average Bonchev–Trinajstić information content (AvgIpc) is 2.92. The molecule has 0 aliphatic heterocycles. The maximum absolute atomic E-state index is 12.9. The number of hydrogen-bond donors (Lipinski definition) is 1. The number of nitrogens with zero attached hydrogens (tertiary/aromatic N) is 1. The van der Waals surface area contributed by atoms with E-state index in [1.165, 1.54) is 17.7 Å². The van der Waals surface area contributed by atoms with Gasteiger partial charge < -0.3 is 5.32 Å². The predicted molar refractivity (Wildman–Crippen MR) is 75.0 cm³/mol. The molecule has 1 N–H and O–H groups in total. The topological polar surface area (TPSA) is 24.9 Å². The van der Waals surface area contributed by atoms with E-state index >= 15 is 0 Å². The van der Waals surface area contributed by atoms with Gasteiger partial charge in [-0.2, -0.15) is 13.2 Å². The van der Waals surface area contributed by atoms with Crippen molar-refractivity contribution in [3.05, 3.63) is 58.8 Å². The molecule has 0 radical (unpaired) electrons. The van der Waals surface area contributed by atoms with Gasteiger partial charge in [0.25, 0.3) is 0 Å². The molecular weight excluding hydrogens is 277 g/mol. The fraction of sp³-hybridized carbons (Fsp3) is 0.312. The van der Waals surface area contributed by atoms with E-state index in [1.807, 2.05) is 12.1 Å². The Labute approximate surface area is 121 Å². The number of alkyl halides is 3. The molecule has 1 aliphatic carbocycles. The third-order valence-corrected chi connectivity index (χ3v) is 3.71. The van der Waals surface area contributed by atoms with Gasteiger partial charge in [-0.15, -0.1) is 0 Å². The summed E-state index contributed by atoms with van der Waals surface area (Å²) in [6.07, 6.45) is -1.24. The van der Waals surface area contributed by atoms with E-state index in [4.69, 9.17) is 0 Å². The van der Waals surface area contributed by atoms with Crippen molar-refractivity contribution in [2.75, 3.05) is 5.32 Å². The number of hydrogen-bond acceptors (Lipinski definition) is 2. The zero-order valence-corrected chi connectivity index (χ0v) is 11.4. The summed E-state index contributed by atoms with van der Waals surface area (Å²) in [6.45, 7) is 0.113. The van der Waals surface area contributed by atoms with Gasteiger partial charge in [-0.3, -0.25) is 0 Å². The lowest BCUT2D eigenvalue weighted by molar-refractivity contribution is -0.138. The van der Waals surface area contributed by atoms with E-state index in [1.54, 1.807) is 6.07 Å². The normalized spacial score (nSPS) is 14.0. The van der Waals surface area contributed by atoms with Gasteiger partial charge in [0.15, 0.2) is 0 Å². The van der Waals surface area contributed by atoms with Gasteiger partial charge in [0, 0.05) is 12.2 Å². The van der Waals surface area contributed by atoms with Gasteiger partial charge >= 0.3 is 6.18 Å². The van der Waals surface area contributed by atoms with Crippen molar-refractivity contribution >= 4 is 5.82 Å². The molecule has 0 bridgehead atoms. The number of benzene rings is 1. The maximum atomic E-state index is 12.9. The van der Waals surface area contributed by atoms with E-state index in [-0.39, 0.29) is 12.1 Å². The lowest BCUT2D eigenvalue weighted by Gasteiger charge is -2.14. The lowest BCUT2D eigenvalue weighted by Crippen LogP contribution is -2.12. The molecule has 1 aromatic carbocycles. The standard InChI is InChI=1S/C16H15F3N2/c17-16(18,19)13-6-2-1-4-12(13)10-20-15-9-8-11-5-3-7-14(11)21-15/h1-2,4,6,8-9H,3,5,7,10H2,(H,20,21). The zero-order chi connectivity index (χ0) is 14.9. The minimum Gasteiger partial charge on any atom is -0.366 e. The van der Waals surface area contributed by atoms with Crippen LogP contribution in [0.25, 0.3) is 0 Å². The Balaban J connectivity index is 1.76. The van der Waals surface area contributed by atoms with Crippen molar-refractivity contribution in [1.29, 1.82) is 0 Å². The smallest absolute Gasteiger partial charge is 0.366 e. The molecule has 2 nitrogen and oxygen atoms in total. The molecule has 1 aromatic heterocycles.